The molecule has 0 fully saturated rings. The average molecular weight is 378 g/mol. The van der Waals surface area contributed by atoms with Gasteiger partial charge in [-0.1, -0.05) is 42.5 Å². The van der Waals surface area contributed by atoms with Crippen LogP contribution in [0, 0.1) is 0 Å². The predicted octanol–water partition coefficient (Wildman–Crippen LogP) is 4.64. The van der Waals surface area contributed by atoms with Gasteiger partial charge in [-0.2, -0.15) is 0 Å². The van der Waals surface area contributed by atoms with E-state index in [9.17, 15) is 4.79 Å². The van der Waals surface area contributed by atoms with Gasteiger partial charge in [0.05, 0.1) is 14.2 Å². The summed E-state index contributed by atoms with van der Waals surface area (Å²) in [6.45, 7) is 0.705. The second kappa shape index (κ2) is 9.46. The number of ether oxygens (including phenoxy) is 4. The molecule has 0 aliphatic rings. The summed E-state index contributed by atoms with van der Waals surface area (Å²) < 4.78 is 21.8. The summed E-state index contributed by atoms with van der Waals surface area (Å²) in [5.41, 5.74) is 2.33. The number of hydrogen-bond donors (Lipinski definition) is 0. The van der Waals surface area contributed by atoms with Crippen LogP contribution >= 0.6 is 0 Å². The van der Waals surface area contributed by atoms with Crippen molar-refractivity contribution in [3.05, 3.63) is 89.5 Å². The lowest BCUT2D eigenvalue weighted by molar-refractivity contribution is 0.0595. The van der Waals surface area contributed by atoms with Gasteiger partial charge in [0.15, 0.2) is 0 Å². The molecule has 0 amide bonds. The van der Waals surface area contributed by atoms with Gasteiger partial charge < -0.3 is 18.9 Å². The minimum atomic E-state index is -0.456. The van der Waals surface area contributed by atoms with Crippen LogP contribution in [0.15, 0.2) is 72.8 Å². The Balaban J connectivity index is 1.75. The normalized spacial score (nSPS) is 10.2. The van der Waals surface area contributed by atoms with E-state index in [2.05, 4.69) is 0 Å². The van der Waals surface area contributed by atoms with Crippen molar-refractivity contribution in [2.24, 2.45) is 0 Å². The third-order valence-electron chi connectivity index (χ3n) is 4.14. The molecule has 28 heavy (non-hydrogen) atoms. The highest BCUT2D eigenvalue weighted by Crippen LogP contribution is 2.27. The maximum Gasteiger partial charge on any atom is 0.341 e. The summed E-state index contributed by atoms with van der Waals surface area (Å²) in [5, 5.41) is 0. The van der Waals surface area contributed by atoms with E-state index >= 15 is 0 Å². The third-order valence-corrected chi connectivity index (χ3v) is 4.14. The van der Waals surface area contributed by atoms with Gasteiger partial charge >= 0.3 is 5.97 Å². The molecule has 3 aromatic carbocycles. The summed E-state index contributed by atoms with van der Waals surface area (Å²) in [7, 11) is 2.97. The fourth-order valence-electron chi connectivity index (χ4n) is 2.65. The van der Waals surface area contributed by atoms with Crippen molar-refractivity contribution >= 4 is 5.97 Å². The molecular weight excluding hydrogens is 356 g/mol. The van der Waals surface area contributed by atoms with Gasteiger partial charge in [0.25, 0.3) is 0 Å². The first-order chi connectivity index (χ1) is 13.7. The summed E-state index contributed by atoms with van der Waals surface area (Å²) in [6.07, 6.45) is 0. The quantitative estimate of drug-likeness (QED) is 0.535. The molecule has 0 unspecified atom stereocenters. The molecule has 0 radical (unpaired) electrons. The highest BCUT2D eigenvalue weighted by molar-refractivity contribution is 5.92. The van der Waals surface area contributed by atoms with E-state index in [1.165, 1.54) is 7.11 Å². The van der Waals surface area contributed by atoms with E-state index in [1.54, 1.807) is 25.3 Å². The first kappa shape index (κ1) is 19.3. The molecule has 3 rings (SSSR count). The SMILES string of the molecule is COC(=O)c1ccc(OCc2cccc(OC)c2)cc1OCc1ccccc1. The van der Waals surface area contributed by atoms with E-state index in [0.29, 0.717) is 30.3 Å². The Morgan fingerprint density at radius 3 is 2.25 bits per heavy atom. The molecule has 0 atom stereocenters. The van der Waals surface area contributed by atoms with E-state index < -0.39 is 5.97 Å². The summed E-state index contributed by atoms with van der Waals surface area (Å²) in [6, 6.07) is 22.5. The van der Waals surface area contributed by atoms with Crippen molar-refractivity contribution in [1.29, 1.82) is 0 Å². The highest BCUT2D eigenvalue weighted by Gasteiger charge is 2.15. The van der Waals surface area contributed by atoms with Gasteiger partial charge in [0.1, 0.15) is 36.0 Å². The van der Waals surface area contributed by atoms with Crippen LogP contribution in [0.1, 0.15) is 21.5 Å². The van der Waals surface area contributed by atoms with E-state index in [1.807, 2.05) is 54.6 Å². The largest absolute Gasteiger partial charge is 0.497 e. The van der Waals surface area contributed by atoms with Crippen LogP contribution in [0.2, 0.25) is 0 Å². The molecule has 5 heteroatoms. The zero-order valence-corrected chi connectivity index (χ0v) is 15.9. The van der Waals surface area contributed by atoms with Crippen molar-refractivity contribution in [2.75, 3.05) is 14.2 Å². The first-order valence-corrected chi connectivity index (χ1v) is 8.84. The summed E-state index contributed by atoms with van der Waals surface area (Å²) in [5.74, 6) is 1.33. The van der Waals surface area contributed by atoms with Gasteiger partial charge in [0.2, 0.25) is 0 Å². The Labute approximate surface area is 164 Å². The molecule has 0 N–H and O–H groups in total. The maximum atomic E-state index is 12.0. The molecule has 0 spiro atoms. The summed E-state index contributed by atoms with van der Waals surface area (Å²) in [4.78, 5) is 12.0. The fraction of sp³-hybridized carbons (Fsp3) is 0.174. The van der Waals surface area contributed by atoms with Crippen molar-refractivity contribution < 1.29 is 23.7 Å². The lowest BCUT2D eigenvalue weighted by atomic mass is 10.2. The fourth-order valence-corrected chi connectivity index (χ4v) is 2.65. The minimum Gasteiger partial charge on any atom is -0.497 e. The zero-order chi connectivity index (χ0) is 19.8. The van der Waals surface area contributed by atoms with Crippen LogP contribution in [0.5, 0.6) is 17.2 Å². The maximum absolute atomic E-state index is 12.0. The molecule has 0 aliphatic carbocycles. The van der Waals surface area contributed by atoms with E-state index in [-0.39, 0.29) is 0 Å². The molecule has 0 saturated heterocycles. The zero-order valence-electron chi connectivity index (χ0n) is 15.9. The Hall–Kier alpha value is -3.47. The highest BCUT2D eigenvalue weighted by atomic mass is 16.5. The number of methoxy groups -OCH3 is 2. The van der Waals surface area contributed by atoms with Gasteiger partial charge in [-0.25, -0.2) is 4.79 Å². The Morgan fingerprint density at radius 2 is 1.50 bits per heavy atom. The molecular formula is C23H22O5. The van der Waals surface area contributed by atoms with Gasteiger partial charge in [-0.05, 0) is 35.4 Å². The molecule has 3 aromatic rings. The number of benzene rings is 3. The van der Waals surface area contributed by atoms with Gasteiger partial charge in [-0.3, -0.25) is 0 Å². The monoisotopic (exact) mass is 378 g/mol. The van der Waals surface area contributed by atoms with Crippen molar-refractivity contribution in [3.8, 4) is 17.2 Å². The molecule has 0 aromatic heterocycles. The first-order valence-electron chi connectivity index (χ1n) is 8.84. The molecule has 0 heterocycles. The van der Waals surface area contributed by atoms with Crippen LogP contribution in [0.4, 0.5) is 0 Å². The Morgan fingerprint density at radius 1 is 0.750 bits per heavy atom. The van der Waals surface area contributed by atoms with Crippen LogP contribution in [-0.2, 0) is 18.0 Å². The second-order valence-corrected chi connectivity index (χ2v) is 6.06. The predicted molar refractivity (Wildman–Crippen MR) is 106 cm³/mol. The number of rotatable bonds is 8. The van der Waals surface area contributed by atoms with Gasteiger partial charge in [0, 0.05) is 6.07 Å². The van der Waals surface area contributed by atoms with Crippen LogP contribution in [-0.4, -0.2) is 20.2 Å². The minimum absolute atomic E-state index is 0.337. The lowest BCUT2D eigenvalue weighted by Gasteiger charge is -2.13. The smallest absolute Gasteiger partial charge is 0.341 e. The molecule has 0 bridgehead atoms. The van der Waals surface area contributed by atoms with Gasteiger partial charge in [-0.15, -0.1) is 0 Å². The Kier molecular flexibility index (Phi) is 6.52. The molecule has 144 valence electrons. The van der Waals surface area contributed by atoms with Crippen LogP contribution in [0.25, 0.3) is 0 Å². The van der Waals surface area contributed by atoms with E-state index in [0.717, 1.165) is 16.9 Å². The third kappa shape index (κ3) is 5.04. The molecule has 0 saturated carbocycles. The number of carbonyl (C=O) groups excluding carboxylic acids is 1. The van der Waals surface area contributed by atoms with Crippen LogP contribution < -0.4 is 14.2 Å². The van der Waals surface area contributed by atoms with Crippen molar-refractivity contribution in [1.82, 2.24) is 0 Å². The van der Waals surface area contributed by atoms with E-state index in [4.69, 9.17) is 18.9 Å². The second-order valence-electron chi connectivity index (χ2n) is 6.06. The standard InChI is InChI=1S/C23H22O5/c1-25-19-10-6-9-18(13-19)16-27-20-11-12-21(23(24)26-2)22(14-20)28-15-17-7-4-3-5-8-17/h3-14H,15-16H2,1-2H3. The van der Waals surface area contributed by atoms with Crippen molar-refractivity contribution in [2.45, 2.75) is 13.2 Å². The summed E-state index contributed by atoms with van der Waals surface area (Å²) >= 11 is 0. The van der Waals surface area contributed by atoms with Crippen molar-refractivity contribution in [3.63, 3.8) is 0 Å². The van der Waals surface area contributed by atoms with Crippen LogP contribution in [0.3, 0.4) is 0 Å². The number of carbonyl (C=O) groups is 1. The Bertz CT molecular complexity index is 921. The molecule has 0 aliphatic heterocycles. The average Bonchev–Trinajstić information content (AvgIpc) is 2.76. The number of hydrogen-bond acceptors (Lipinski definition) is 5. The topological polar surface area (TPSA) is 54.0 Å². The lowest BCUT2D eigenvalue weighted by Crippen LogP contribution is -2.06. The molecule has 5 nitrogen and oxygen atoms in total. The number of esters is 1.